The summed E-state index contributed by atoms with van der Waals surface area (Å²) in [5.41, 5.74) is 0.852. The number of alkyl halides is 3. The monoisotopic (exact) mass is 437 g/mol. The molecule has 0 unspecified atom stereocenters. The normalized spacial score (nSPS) is 12.8. The molecule has 2 aromatic carbocycles. The molecule has 0 aliphatic rings. The number of nitrogens with one attached hydrogen (secondary N) is 1. The van der Waals surface area contributed by atoms with Crippen molar-refractivity contribution in [3.63, 3.8) is 0 Å². The van der Waals surface area contributed by atoms with Crippen LogP contribution in [-0.4, -0.2) is 15.9 Å². The summed E-state index contributed by atoms with van der Waals surface area (Å²) >= 11 is 29.5. The molecule has 2 rings (SSSR count). The summed E-state index contributed by atoms with van der Waals surface area (Å²) in [4.78, 5) is 12.1. The average Bonchev–Trinajstić information content (AvgIpc) is 2.54. The molecule has 1 amide bonds. The number of halogens is 5. The van der Waals surface area contributed by atoms with E-state index in [1.54, 1.807) is 12.1 Å². The van der Waals surface area contributed by atoms with Gasteiger partial charge in [-0.15, -0.1) is 0 Å². The van der Waals surface area contributed by atoms with Crippen molar-refractivity contribution in [3.8, 4) is 5.75 Å². The predicted molar refractivity (Wildman–Crippen MR) is 105 cm³/mol. The first kappa shape index (κ1) is 20.2. The fourth-order valence-electron chi connectivity index (χ4n) is 1.79. The van der Waals surface area contributed by atoms with E-state index in [1.807, 2.05) is 30.3 Å². The van der Waals surface area contributed by atoms with Gasteiger partial charge in [-0.1, -0.05) is 88.3 Å². The third-order valence-electron chi connectivity index (χ3n) is 2.94. The van der Waals surface area contributed by atoms with Gasteiger partial charge in [-0.3, -0.25) is 4.79 Å². The molecule has 0 saturated heterocycles. The van der Waals surface area contributed by atoms with Gasteiger partial charge < -0.3 is 10.1 Å². The van der Waals surface area contributed by atoms with E-state index in [1.165, 1.54) is 18.2 Å². The van der Waals surface area contributed by atoms with Crippen LogP contribution < -0.4 is 10.1 Å². The number of carbonyl (C=O) groups excluding carboxylic acids is 1. The Morgan fingerprint density at radius 2 is 1.76 bits per heavy atom. The van der Waals surface area contributed by atoms with Crippen LogP contribution in [0.3, 0.4) is 0 Å². The first-order chi connectivity index (χ1) is 11.8. The zero-order valence-corrected chi connectivity index (χ0v) is 16.3. The van der Waals surface area contributed by atoms with E-state index in [0.29, 0.717) is 5.02 Å². The Kier molecular flexibility index (Phi) is 7.29. The van der Waals surface area contributed by atoms with E-state index in [2.05, 4.69) is 5.32 Å². The number of carbonyl (C=O) groups is 1. The molecule has 0 fully saturated rings. The highest BCUT2D eigenvalue weighted by molar-refractivity contribution is 6.68. The van der Waals surface area contributed by atoms with E-state index < -0.39 is 15.9 Å². The lowest BCUT2D eigenvalue weighted by molar-refractivity contribution is -0.118. The van der Waals surface area contributed by atoms with Gasteiger partial charge in [-0.2, -0.15) is 0 Å². The van der Waals surface area contributed by atoms with Crippen LogP contribution in [0.5, 0.6) is 5.75 Å². The molecule has 25 heavy (non-hydrogen) atoms. The molecule has 1 atom stereocenters. The zero-order valence-electron chi connectivity index (χ0n) is 12.6. The predicted octanol–water partition coefficient (Wildman–Crippen LogP) is 5.90. The van der Waals surface area contributed by atoms with Gasteiger partial charge >= 0.3 is 0 Å². The van der Waals surface area contributed by atoms with Crippen LogP contribution in [0, 0.1) is 0 Å². The minimum absolute atomic E-state index is 0.217. The summed E-state index contributed by atoms with van der Waals surface area (Å²) in [5, 5.41) is 3.13. The van der Waals surface area contributed by atoms with Gasteiger partial charge in [0.05, 0.1) is 5.02 Å². The van der Waals surface area contributed by atoms with Crippen LogP contribution in [0.15, 0.2) is 54.6 Å². The van der Waals surface area contributed by atoms with Crippen LogP contribution in [0.2, 0.25) is 10.0 Å². The Morgan fingerprint density at radius 1 is 1.08 bits per heavy atom. The third kappa shape index (κ3) is 6.61. The fraction of sp³-hybridized carbons (Fsp3) is 0.118. The molecule has 0 aromatic heterocycles. The maximum Gasteiger partial charge on any atom is 0.246 e. The number of hydrogen-bond donors (Lipinski definition) is 1. The summed E-state index contributed by atoms with van der Waals surface area (Å²) in [6, 6.07) is 13.8. The van der Waals surface area contributed by atoms with Crippen LogP contribution in [0.1, 0.15) is 5.56 Å². The second kappa shape index (κ2) is 9.02. The highest BCUT2D eigenvalue weighted by Gasteiger charge is 2.36. The molecule has 1 N–H and O–H groups in total. The Hall–Kier alpha value is -1.10. The number of amides is 1. The molecule has 3 nitrogen and oxygen atoms in total. The van der Waals surface area contributed by atoms with Gasteiger partial charge in [0, 0.05) is 11.1 Å². The van der Waals surface area contributed by atoms with Crippen molar-refractivity contribution >= 4 is 70.0 Å². The first-order valence-corrected chi connectivity index (χ1v) is 8.87. The lowest BCUT2D eigenvalue weighted by atomic mass is 10.2. The van der Waals surface area contributed by atoms with Gasteiger partial charge in [-0.25, -0.2) is 0 Å². The van der Waals surface area contributed by atoms with Crippen molar-refractivity contribution in [2.75, 3.05) is 0 Å². The topological polar surface area (TPSA) is 38.3 Å². The minimum Gasteiger partial charge on any atom is -0.464 e. The van der Waals surface area contributed by atoms with Crippen LogP contribution >= 0.6 is 58.0 Å². The number of benzene rings is 2. The third-order valence-corrected chi connectivity index (χ3v) is 4.06. The lowest BCUT2D eigenvalue weighted by Gasteiger charge is -2.26. The Bertz CT molecular complexity index is 759. The summed E-state index contributed by atoms with van der Waals surface area (Å²) in [5.74, 6) is -0.278. The second-order valence-electron chi connectivity index (χ2n) is 4.87. The summed E-state index contributed by atoms with van der Waals surface area (Å²) in [7, 11) is 0. The summed E-state index contributed by atoms with van der Waals surface area (Å²) < 4.78 is 3.62. The molecule has 0 aliphatic heterocycles. The van der Waals surface area contributed by atoms with Crippen LogP contribution in [-0.2, 0) is 4.79 Å². The number of rotatable bonds is 5. The SMILES string of the molecule is O=C(/C=C\c1ccccc1)N[C@H](Oc1ccc(Cl)cc1Cl)C(Cl)(Cl)Cl. The Morgan fingerprint density at radius 3 is 2.36 bits per heavy atom. The average molecular weight is 440 g/mol. The number of ether oxygens (including phenoxy) is 1. The minimum atomic E-state index is -1.92. The Balaban J connectivity index is 2.10. The highest BCUT2D eigenvalue weighted by atomic mass is 35.6. The maximum atomic E-state index is 12.1. The lowest BCUT2D eigenvalue weighted by Crippen LogP contribution is -2.47. The van der Waals surface area contributed by atoms with Crippen molar-refractivity contribution in [2.45, 2.75) is 10.0 Å². The molecular formula is C17H12Cl5NO2. The molecule has 8 heteroatoms. The van der Waals surface area contributed by atoms with Crippen molar-refractivity contribution < 1.29 is 9.53 Å². The number of hydrogen-bond acceptors (Lipinski definition) is 2. The van der Waals surface area contributed by atoms with E-state index >= 15 is 0 Å². The quantitative estimate of drug-likeness (QED) is 0.358. The van der Waals surface area contributed by atoms with Crippen molar-refractivity contribution in [2.24, 2.45) is 0 Å². The Labute approximate surface area is 170 Å². The molecule has 0 heterocycles. The van der Waals surface area contributed by atoms with Crippen LogP contribution in [0.4, 0.5) is 0 Å². The maximum absolute atomic E-state index is 12.1. The summed E-state index contributed by atoms with van der Waals surface area (Å²) in [6.07, 6.45) is 1.68. The van der Waals surface area contributed by atoms with Crippen molar-refractivity contribution in [1.29, 1.82) is 0 Å². The second-order valence-corrected chi connectivity index (χ2v) is 8.08. The van der Waals surface area contributed by atoms with E-state index in [9.17, 15) is 4.79 Å². The van der Waals surface area contributed by atoms with E-state index in [-0.39, 0.29) is 10.8 Å². The fourth-order valence-corrected chi connectivity index (χ4v) is 2.54. The van der Waals surface area contributed by atoms with Crippen molar-refractivity contribution in [3.05, 3.63) is 70.2 Å². The first-order valence-electron chi connectivity index (χ1n) is 6.98. The van der Waals surface area contributed by atoms with E-state index in [0.717, 1.165) is 5.56 Å². The van der Waals surface area contributed by atoms with Crippen molar-refractivity contribution in [1.82, 2.24) is 5.32 Å². The highest BCUT2D eigenvalue weighted by Crippen LogP contribution is 2.35. The van der Waals surface area contributed by atoms with Crippen LogP contribution in [0.25, 0.3) is 6.08 Å². The molecule has 2 aromatic rings. The standard InChI is InChI=1S/C17H12Cl5NO2/c18-12-7-8-14(13(19)10-12)25-16(17(20,21)22)23-15(24)9-6-11-4-2-1-3-5-11/h1-10,16H,(H,23,24)/b9-6-/t16-/m1/s1. The molecule has 0 bridgehead atoms. The van der Waals surface area contributed by atoms with Gasteiger partial charge in [0.25, 0.3) is 0 Å². The van der Waals surface area contributed by atoms with Gasteiger partial charge in [0.2, 0.25) is 15.9 Å². The van der Waals surface area contributed by atoms with Gasteiger partial charge in [0.15, 0.2) is 0 Å². The molecule has 0 saturated carbocycles. The molecule has 0 aliphatic carbocycles. The molecule has 132 valence electrons. The largest absolute Gasteiger partial charge is 0.464 e. The zero-order chi connectivity index (χ0) is 18.4. The van der Waals surface area contributed by atoms with Gasteiger partial charge in [0.1, 0.15) is 5.75 Å². The van der Waals surface area contributed by atoms with E-state index in [4.69, 9.17) is 62.7 Å². The molecule has 0 spiro atoms. The molecule has 0 radical (unpaired) electrons. The smallest absolute Gasteiger partial charge is 0.246 e. The summed E-state index contributed by atoms with van der Waals surface area (Å²) in [6.45, 7) is 0. The van der Waals surface area contributed by atoms with Gasteiger partial charge in [-0.05, 0) is 29.8 Å². The molecular weight excluding hydrogens is 427 g/mol.